The molecule has 2 rings (SSSR count). The molecule has 2 heteroatoms. The maximum atomic E-state index is 9.15. The minimum absolute atomic E-state index is 0.361. The predicted octanol–water partition coefficient (Wildman–Crippen LogP) is 1.75. The first-order chi connectivity index (χ1) is 5.25. The Hall–Kier alpha value is -1.18. The minimum atomic E-state index is 0.361. The lowest BCUT2D eigenvalue weighted by molar-refractivity contribution is 0.475. The smallest absolute Gasteiger partial charge is 0.116 e. The highest BCUT2D eigenvalue weighted by molar-refractivity contribution is 5.58. The van der Waals surface area contributed by atoms with Gasteiger partial charge in [-0.15, -0.1) is 0 Å². The van der Waals surface area contributed by atoms with E-state index in [-0.39, 0.29) is 0 Å². The molecule has 1 aromatic rings. The molecule has 1 aromatic carbocycles. The van der Waals surface area contributed by atoms with E-state index in [0.717, 1.165) is 12.1 Å². The third-order valence-electron chi connectivity index (χ3n) is 2.02. The van der Waals surface area contributed by atoms with Crippen LogP contribution in [0, 0.1) is 0 Å². The van der Waals surface area contributed by atoms with Gasteiger partial charge in [0, 0.05) is 11.7 Å². The highest BCUT2D eigenvalue weighted by Crippen LogP contribution is 2.28. The fourth-order valence-corrected chi connectivity index (χ4v) is 1.54. The van der Waals surface area contributed by atoms with Gasteiger partial charge in [0.1, 0.15) is 5.75 Å². The van der Waals surface area contributed by atoms with Crippen LogP contribution in [0.4, 0.5) is 5.69 Å². The number of rotatable bonds is 0. The van der Waals surface area contributed by atoms with Gasteiger partial charge in [0.15, 0.2) is 0 Å². The summed E-state index contributed by atoms with van der Waals surface area (Å²) in [5.41, 5.74) is 2.38. The van der Waals surface area contributed by atoms with Crippen LogP contribution in [-0.4, -0.2) is 11.1 Å². The van der Waals surface area contributed by atoms with Crippen molar-refractivity contribution in [3.63, 3.8) is 0 Å². The monoisotopic (exact) mass is 149 g/mol. The van der Waals surface area contributed by atoms with E-state index in [0.29, 0.717) is 11.8 Å². The SMILES string of the molecule is C[C@H]1Cc2cc(O)ccc2N1. The van der Waals surface area contributed by atoms with E-state index in [4.69, 9.17) is 5.11 Å². The summed E-state index contributed by atoms with van der Waals surface area (Å²) < 4.78 is 0. The van der Waals surface area contributed by atoms with E-state index in [1.54, 1.807) is 6.07 Å². The lowest BCUT2D eigenvalue weighted by atomic mass is 10.1. The van der Waals surface area contributed by atoms with Crippen LogP contribution in [0.1, 0.15) is 12.5 Å². The zero-order chi connectivity index (χ0) is 7.84. The van der Waals surface area contributed by atoms with Crippen molar-refractivity contribution in [2.75, 3.05) is 5.32 Å². The molecule has 0 amide bonds. The molecule has 1 aliphatic rings. The van der Waals surface area contributed by atoms with Gasteiger partial charge in [-0.2, -0.15) is 0 Å². The van der Waals surface area contributed by atoms with Gasteiger partial charge in [0.2, 0.25) is 0 Å². The van der Waals surface area contributed by atoms with Gasteiger partial charge in [-0.25, -0.2) is 0 Å². The van der Waals surface area contributed by atoms with Crippen LogP contribution in [0.15, 0.2) is 18.2 Å². The molecule has 0 bridgehead atoms. The summed E-state index contributed by atoms with van der Waals surface area (Å²) in [7, 11) is 0. The second-order valence-electron chi connectivity index (χ2n) is 3.09. The van der Waals surface area contributed by atoms with Crippen LogP contribution in [0.2, 0.25) is 0 Å². The topological polar surface area (TPSA) is 32.3 Å². The molecule has 58 valence electrons. The predicted molar refractivity (Wildman–Crippen MR) is 44.9 cm³/mol. The van der Waals surface area contributed by atoms with Gasteiger partial charge >= 0.3 is 0 Å². The number of anilines is 1. The van der Waals surface area contributed by atoms with Gasteiger partial charge in [-0.05, 0) is 37.1 Å². The Kier molecular flexibility index (Phi) is 1.28. The van der Waals surface area contributed by atoms with E-state index in [1.807, 2.05) is 12.1 Å². The standard InChI is InChI=1S/C9H11NO/c1-6-4-7-5-8(11)2-3-9(7)10-6/h2-3,5-6,10-11H,4H2,1H3/t6-/m0/s1. The van der Waals surface area contributed by atoms with Crippen molar-refractivity contribution in [1.82, 2.24) is 0 Å². The molecule has 0 radical (unpaired) electrons. The maximum absolute atomic E-state index is 9.15. The van der Waals surface area contributed by atoms with E-state index in [1.165, 1.54) is 5.56 Å². The third kappa shape index (κ3) is 1.04. The molecule has 2 nitrogen and oxygen atoms in total. The fraction of sp³-hybridized carbons (Fsp3) is 0.333. The molecule has 0 spiro atoms. The van der Waals surface area contributed by atoms with Crippen molar-refractivity contribution in [3.8, 4) is 5.75 Å². The normalized spacial score (nSPS) is 21.0. The summed E-state index contributed by atoms with van der Waals surface area (Å²) in [6.45, 7) is 2.14. The third-order valence-corrected chi connectivity index (χ3v) is 2.02. The van der Waals surface area contributed by atoms with Crippen LogP contribution in [0.5, 0.6) is 5.75 Å². The van der Waals surface area contributed by atoms with E-state index >= 15 is 0 Å². The van der Waals surface area contributed by atoms with Crippen LogP contribution in [-0.2, 0) is 6.42 Å². The molecule has 0 fully saturated rings. The summed E-state index contributed by atoms with van der Waals surface area (Å²) in [5.74, 6) is 0.361. The largest absolute Gasteiger partial charge is 0.508 e. The molecule has 11 heavy (non-hydrogen) atoms. The van der Waals surface area contributed by atoms with Gasteiger partial charge in [-0.3, -0.25) is 0 Å². The first kappa shape index (κ1) is 6.53. The van der Waals surface area contributed by atoms with Gasteiger partial charge in [0.05, 0.1) is 0 Å². The van der Waals surface area contributed by atoms with E-state index in [2.05, 4.69) is 12.2 Å². The second-order valence-corrected chi connectivity index (χ2v) is 3.09. The molecule has 2 N–H and O–H groups in total. The summed E-state index contributed by atoms with van der Waals surface area (Å²) in [4.78, 5) is 0. The average molecular weight is 149 g/mol. The van der Waals surface area contributed by atoms with E-state index < -0.39 is 0 Å². The molecule has 0 saturated heterocycles. The number of aromatic hydroxyl groups is 1. The lowest BCUT2D eigenvalue weighted by Crippen LogP contribution is -2.08. The zero-order valence-corrected chi connectivity index (χ0v) is 6.46. The molecule has 0 aromatic heterocycles. The van der Waals surface area contributed by atoms with Crippen LogP contribution in [0.3, 0.4) is 0 Å². The first-order valence-corrected chi connectivity index (χ1v) is 3.84. The number of phenolic OH excluding ortho intramolecular Hbond substituents is 1. The highest BCUT2D eigenvalue weighted by atomic mass is 16.3. The quantitative estimate of drug-likeness (QED) is 0.551. The Balaban J connectivity index is 2.43. The molecule has 0 aliphatic carbocycles. The molecule has 1 heterocycles. The highest BCUT2D eigenvalue weighted by Gasteiger charge is 2.15. The summed E-state index contributed by atoms with van der Waals surface area (Å²) in [5, 5.41) is 12.5. The molecular weight excluding hydrogens is 138 g/mol. The Bertz CT molecular complexity index is 283. The van der Waals surface area contributed by atoms with Crippen LogP contribution >= 0.6 is 0 Å². The van der Waals surface area contributed by atoms with Gasteiger partial charge < -0.3 is 10.4 Å². The summed E-state index contributed by atoms with van der Waals surface area (Å²) >= 11 is 0. The Morgan fingerprint density at radius 3 is 3.18 bits per heavy atom. The molecule has 1 atom stereocenters. The van der Waals surface area contributed by atoms with Crippen molar-refractivity contribution in [2.24, 2.45) is 0 Å². The summed E-state index contributed by atoms with van der Waals surface area (Å²) in [6, 6.07) is 5.97. The Morgan fingerprint density at radius 2 is 2.36 bits per heavy atom. The maximum Gasteiger partial charge on any atom is 0.116 e. The van der Waals surface area contributed by atoms with Gasteiger partial charge in [-0.1, -0.05) is 0 Å². The number of nitrogens with one attached hydrogen (secondary N) is 1. The van der Waals surface area contributed by atoms with Crippen molar-refractivity contribution in [2.45, 2.75) is 19.4 Å². The fourth-order valence-electron chi connectivity index (χ4n) is 1.54. The number of phenols is 1. The first-order valence-electron chi connectivity index (χ1n) is 3.84. The van der Waals surface area contributed by atoms with Crippen LogP contribution < -0.4 is 5.32 Å². The summed E-state index contributed by atoms with van der Waals surface area (Å²) in [6.07, 6.45) is 1.02. The van der Waals surface area contributed by atoms with Crippen molar-refractivity contribution >= 4 is 5.69 Å². The van der Waals surface area contributed by atoms with Gasteiger partial charge in [0.25, 0.3) is 0 Å². The van der Waals surface area contributed by atoms with Crippen molar-refractivity contribution < 1.29 is 5.11 Å². The minimum Gasteiger partial charge on any atom is -0.508 e. The number of hydrogen-bond acceptors (Lipinski definition) is 2. The zero-order valence-electron chi connectivity index (χ0n) is 6.46. The molecular formula is C9H11NO. The molecule has 0 unspecified atom stereocenters. The second kappa shape index (κ2) is 2.16. The number of fused-ring (bicyclic) bond motifs is 1. The molecule has 0 saturated carbocycles. The van der Waals surface area contributed by atoms with Crippen molar-refractivity contribution in [3.05, 3.63) is 23.8 Å². The number of hydrogen-bond donors (Lipinski definition) is 2. The molecule has 1 aliphatic heterocycles. The Morgan fingerprint density at radius 1 is 1.55 bits per heavy atom. The average Bonchev–Trinajstić information content (AvgIpc) is 2.27. The lowest BCUT2D eigenvalue weighted by Gasteiger charge is -2.00. The van der Waals surface area contributed by atoms with Crippen LogP contribution in [0.25, 0.3) is 0 Å². The Labute approximate surface area is 65.9 Å². The van der Waals surface area contributed by atoms with E-state index in [9.17, 15) is 0 Å². The number of benzene rings is 1. The van der Waals surface area contributed by atoms with Crippen molar-refractivity contribution in [1.29, 1.82) is 0 Å².